The standard InChI is InChI=1S/C26H26FN5O2/c1-17-6-2-3-7-20(17)22(31-26(28)34)14-25(33)30-23(18-10-12-19(27)13-11-18)15-32-16-29-21-8-4-5-9-24(21)32/h2-13,16,22-23H,14-15H2,1H3,(H,30,33)(H3,28,31,34). The highest BCUT2D eigenvalue weighted by molar-refractivity contribution is 5.79. The summed E-state index contributed by atoms with van der Waals surface area (Å²) in [5.74, 6) is -0.632. The van der Waals surface area contributed by atoms with E-state index in [0.29, 0.717) is 6.54 Å². The highest BCUT2D eigenvalue weighted by atomic mass is 19.1. The summed E-state index contributed by atoms with van der Waals surface area (Å²) in [4.78, 5) is 29.2. The van der Waals surface area contributed by atoms with Gasteiger partial charge in [-0.1, -0.05) is 48.5 Å². The van der Waals surface area contributed by atoms with Gasteiger partial charge in [-0.05, 0) is 47.9 Å². The summed E-state index contributed by atoms with van der Waals surface area (Å²) < 4.78 is 15.5. The number of primary amides is 1. The summed E-state index contributed by atoms with van der Waals surface area (Å²) in [6, 6.07) is 19.5. The Hall–Kier alpha value is -4.20. The Balaban J connectivity index is 1.58. The minimum absolute atomic E-state index is 0.00381. The van der Waals surface area contributed by atoms with Crippen molar-refractivity contribution in [1.29, 1.82) is 0 Å². The molecule has 0 aliphatic carbocycles. The van der Waals surface area contributed by atoms with Gasteiger partial charge in [0.2, 0.25) is 5.91 Å². The second-order valence-electron chi connectivity index (χ2n) is 8.18. The molecule has 1 aromatic heterocycles. The van der Waals surface area contributed by atoms with Crippen LogP contribution in [0, 0.1) is 12.7 Å². The highest BCUT2D eigenvalue weighted by Crippen LogP contribution is 2.23. The largest absolute Gasteiger partial charge is 0.352 e. The second kappa shape index (κ2) is 10.2. The second-order valence-corrected chi connectivity index (χ2v) is 8.18. The Morgan fingerprint density at radius 2 is 1.68 bits per heavy atom. The van der Waals surface area contributed by atoms with E-state index < -0.39 is 18.1 Å². The SMILES string of the molecule is Cc1ccccc1C(CC(=O)NC(Cn1cnc2ccccc21)c1ccc(F)cc1)NC(N)=O. The van der Waals surface area contributed by atoms with Crippen molar-refractivity contribution in [3.63, 3.8) is 0 Å². The monoisotopic (exact) mass is 459 g/mol. The van der Waals surface area contributed by atoms with Gasteiger partial charge in [0, 0.05) is 6.54 Å². The predicted octanol–water partition coefficient (Wildman–Crippen LogP) is 4.14. The van der Waals surface area contributed by atoms with Gasteiger partial charge in [0.25, 0.3) is 0 Å². The van der Waals surface area contributed by atoms with E-state index in [-0.39, 0.29) is 18.1 Å². The van der Waals surface area contributed by atoms with Crippen LogP contribution in [0.5, 0.6) is 0 Å². The van der Waals surface area contributed by atoms with Crippen molar-refractivity contribution in [2.75, 3.05) is 0 Å². The first-order valence-corrected chi connectivity index (χ1v) is 11.0. The quantitative estimate of drug-likeness (QED) is 0.369. The number of rotatable bonds is 8. The third-order valence-electron chi connectivity index (χ3n) is 5.78. The number of nitrogens with one attached hydrogen (secondary N) is 2. The number of carbonyl (C=O) groups excluding carboxylic acids is 2. The first kappa shape index (κ1) is 23.0. The van der Waals surface area contributed by atoms with E-state index in [9.17, 15) is 14.0 Å². The lowest BCUT2D eigenvalue weighted by Gasteiger charge is -2.23. The zero-order valence-corrected chi connectivity index (χ0v) is 18.7. The fourth-order valence-electron chi connectivity index (χ4n) is 4.11. The molecule has 0 aliphatic heterocycles. The number of hydrogen-bond acceptors (Lipinski definition) is 3. The van der Waals surface area contributed by atoms with Crippen molar-refractivity contribution >= 4 is 23.0 Å². The number of fused-ring (bicyclic) bond motifs is 1. The molecule has 2 atom stereocenters. The van der Waals surface area contributed by atoms with Crippen molar-refractivity contribution < 1.29 is 14.0 Å². The Morgan fingerprint density at radius 3 is 2.41 bits per heavy atom. The number of nitrogens with zero attached hydrogens (tertiary/aromatic N) is 2. The van der Waals surface area contributed by atoms with E-state index in [1.165, 1.54) is 12.1 Å². The molecule has 2 unspecified atom stereocenters. The fourth-order valence-corrected chi connectivity index (χ4v) is 4.11. The lowest BCUT2D eigenvalue weighted by atomic mass is 9.98. The number of amides is 3. The molecule has 174 valence electrons. The molecule has 4 N–H and O–H groups in total. The van der Waals surface area contributed by atoms with E-state index in [1.807, 2.05) is 60.0 Å². The molecule has 4 rings (SSSR count). The number of para-hydroxylation sites is 2. The minimum atomic E-state index is -0.707. The van der Waals surface area contributed by atoms with Crippen LogP contribution in [-0.4, -0.2) is 21.5 Å². The van der Waals surface area contributed by atoms with E-state index in [2.05, 4.69) is 15.6 Å². The number of imidazole rings is 1. The van der Waals surface area contributed by atoms with Crippen molar-refractivity contribution in [3.8, 4) is 0 Å². The van der Waals surface area contributed by atoms with Crippen LogP contribution in [0.3, 0.4) is 0 Å². The van der Waals surface area contributed by atoms with Crippen LogP contribution >= 0.6 is 0 Å². The molecule has 1 heterocycles. The molecule has 0 fully saturated rings. The number of benzene rings is 3. The maximum Gasteiger partial charge on any atom is 0.312 e. The first-order valence-electron chi connectivity index (χ1n) is 11.0. The van der Waals surface area contributed by atoms with Crippen LogP contribution in [-0.2, 0) is 11.3 Å². The number of carbonyl (C=O) groups is 2. The highest BCUT2D eigenvalue weighted by Gasteiger charge is 2.22. The summed E-state index contributed by atoms with van der Waals surface area (Å²) in [6.45, 7) is 2.31. The van der Waals surface area contributed by atoms with Gasteiger partial charge in [-0.15, -0.1) is 0 Å². The topological polar surface area (TPSA) is 102 Å². The smallest absolute Gasteiger partial charge is 0.312 e. The van der Waals surface area contributed by atoms with Gasteiger partial charge >= 0.3 is 6.03 Å². The number of aryl methyl sites for hydroxylation is 1. The number of nitrogens with two attached hydrogens (primary N) is 1. The van der Waals surface area contributed by atoms with Crippen molar-refractivity contribution in [2.45, 2.75) is 32.0 Å². The van der Waals surface area contributed by atoms with Gasteiger partial charge in [0.15, 0.2) is 0 Å². The Kier molecular flexibility index (Phi) is 6.87. The molecule has 4 aromatic rings. The molecule has 3 aromatic carbocycles. The van der Waals surface area contributed by atoms with Gasteiger partial charge in [-0.3, -0.25) is 4.79 Å². The van der Waals surface area contributed by atoms with Crippen LogP contribution in [0.25, 0.3) is 11.0 Å². The normalized spacial score (nSPS) is 12.8. The third kappa shape index (κ3) is 5.40. The van der Waals surface area contributed by atoms with E-state index in [0.717, 1.165) is 27.7 Å². The van der Waals surface area contributed by atoms with E-state index in [4.69, 9.17) is 5.73 Å². The fraction of sp³-hybridized carbons (Fsp3) is 0.192. The Morgan fingerprint density at radius 1 is 0.971 bits per heavy atom. The minimum Gasteiger partial charge on any atom is -0.352 e. The average molecular weight is 460 g/mol. The van der Waals surface area contributed by atoms with Gasteiger partial charge in [0.05, 0.1) is 35.9 Å². The number of halogens is 1. The Labute approximate surface area is 196 Å². The van der Waals surface area contributed by atoms with Crippen molar-refractivity contribution in [3.05, 3.63) is 102 Å². The first-order chi connectivity index (χ1) is 16.4. The van der Waals surface area contributed by atoms with Crippen LogP contribution in [0.2, 0.25) is 0 Å². The van der Waals surface area contributed by atoms with Gasteiger partial charge in [-0.25, -0.2) is 14.2 Å². The molecule has 0 saturated carbocycles. The molecule has 0 radical (unpaired) electrons. The zero-order chi connectivity index (χ0) is 24.1. The molecular weight excluding hydrogens is 433 g/mol. The number of aromatic nitrogens is 2. The summed E-state index contributed by atoms with van der Waals surface area (Å²) in [5, 5.41) is 5.72. The zero-order valence-electron chi connectivity index (χ0n) is 18.7. The van der Waals surface area contributed by atoms with Crippen molar-refractivity contribution in [2.24, 2.45) is 5.73 Å². The number of hydrogen-bond donors (Lipinski definition) is 3. The van der Waals surface area contributed by atoms with Gasteiger partial charge in [0.1, 0.15) is 5.82 Å². The average Bonchev–Trinajstić information content (AvgIpc) is 3.22. The van der Waals surface area contributed by atoms with Gasteiger partial charge < -0.3 is 20.9 Å². The molecule has 7 nitrogen and oxygen atoms in total. The molecule has 8 heteroatoms. The summed E-state index contributed by atoms with van der Waals surface area (Å²) in [6.07, 6.45) is 1.72. The lowest BCUT2D eigenvalue weighted by Crippen LogP contribution is -2.38. The molecule has 34 heavy (non-hydrogen) atoms. The molecular formula is C26H26FN5O2. The molecule has 0 aliphatic rings. The summed E-state index contributed by atoms with van der Waals surface area (Å²) in [7, 11) is 0. The molecule has 0 saturated heterocycles. The third-order valence-corrected chi connectivity index (χ3v) is 5.78. The predicted molar refractivity (Wildman–Crippen MR) is 128 cm³/mol. The summed E-state index contributed by atoms with van der Waals surface area (Å²) >= 11 is 0. The number of urea groups is 1. The van der Waals surface area contributed by atoms with Crippen LogP contribution < -0.4 is 16.4 Å². The maximum absolute atomic E-state index is 13.6. The summed E-state index contributed by atoms with van der Waals surface area (Å²) in [5.41, 5.74) is 9.66. The van der Waals surface area contributed by atoms with Crippen LogP contribution in [0.1, 0.15) is 35.2 Å². The lowest BCUT2D eigenvalue weighted by molar-refractivity contribution is -0.122. The molecule has 0 bridgehead atoms. The van der Waals surface area contributed by atoms with Crippen LogP contribution in [0.15, 0.2) is 79.1 Å². The molecule has 0 spiro atoms. The van der Waals surface area contributed by atoms with E-state index in [1.54, 1.807) is 18.5 Å². The van der Waals surface area contributed by atoms with Crippen molar-refractivity contribution in [1.82, 2.24) is 20.2 Å². The van der Waals surface area contributed by atoms with E-state index >= 15 is 0 Å². The van der Waals surface area contributed by atoms with Gasteiger partial charge in [-0.2, -0.15) is 0 Å². The molecule has 3 amide bonds. The maximum atomic E-state index is 13.6. The Bertz CT molecular complexity index is 1300. The van der Waals surface area contributed by atoms with Crippen LogP contribution in [0.4, 0.5) is 9.18 Å².